The van der Waals surface area contributed by atoms with Gasteiger partial charge >= 0.3 is 0 Å². The Morgan fingerprint density at radius 3 is 2.88 bits per heavy atom. The van der Waals surface area contributed by atoms with Crippen molar-refractivity contribution in [3.05, 3.63) is 34.8 Å². The van der Waals surface area contributed by atoms with Gasteiger partial charge < -0.3 is 15.6 Å². The lowest BCUT2D eigenvalue weighted by Gasteiger charge is -2.15. The molecule has 0 aliphatic rings. The predicted octanol–water partition coefficient (Wildman–Crippen LogP) is 3.13. The molecule has 1 atom stereocenters. The number of ether oxygens (including phenoxy) is 1. The molecule has 0 aliphatic carbocycles. The van der Waals surface area contributed by atoms with E-state index in [0.717, 1.165) is 12.8 Å². The van der Waals surface area contributed by atoms with Gasteiger partial charge in [0.1, 0.15) is 11.5 Å². The van der Waals surface area contributed by atoms with E-state index >= 15 is 0 Å². The van der Waals surface area contributed by atoms with E-state index in [-0.39, 0.29) is 11.8 Å². The lowest BCUT2D eigenvalue weighted by Crippen LogP contribution is -2.10. The van der Waals surface area contributed by atoms with E-state index in [1.54, 1.807) is 19.2 Å². The van der Waals surface area contributed by atoms with Gasteiger partial charge in [-0.2, -0.15) is 0 Å². The molecular weight excluding hydrogens is 270 g/mol. The van der Waals surface area contributed by atoms with Gasteiger partial charge in [-0.3, -0.25) is 0 Å². The summed E-state index contributed by atoms with van der Waals surface area (Å²) in [6.45, 7) is 3.65. The number of rotatable bonds is 5. The van der Waals surface area contributed by atoms with Crippen molar-refractivity contribution in [3.8, 4) is 11.5 Å². The molecule has 0 aromatic heterocycles. The van der Waals surface area contributed by atoms with E-state index < -0.39 is 0 Å². The van der Waals surface area contributed by atoms with Crippen molar-refractivity contribution in [2.45, 2.75) is 18.9 Å². The number of allylic oxidation sites excluding steroid dienone is 1. The average Bonchev–Trinajstić information content (AvgIpc) is 2.29. The summed E-state index contributed by atoms with van der Waals surface area (Å²) >= 11 is 3.27. The van der Waals surface area contributed by atoms with E-state index in [1.165, 1.54) is 0 Å². The van der Waals surface area contributed by atoms with Crippen molar-refractivity contribution in [3.63, 3.8) is 0 Å². The van der Waals surface area contributed by atoms with Gasteiger partial charge in [0.25, 0.3) is 0 Å². The number of aromatic hydroxyl groups is 1. The van der Waals surface area contributed by atoms with Crippen molar-refractivity contribution in [2.24, 2.45) is 5.73 Å². The number of phenolic OH excluding ortho intramolecular Hbond substituents is 1. The Balaban J connectivity index is 3.01. The molecule has 0 amide bonds. The van der Waals surface area contributed by atoms with Crippen LogP contribution in [0.2, 0.25) is 0 Å². The van der Waals surface area contributed by atoms with E-state index in [4.69, 9.17) is 10.5 Å². The van der Waals surface area contributed by atoms with Gasteiger partial charge in [-0.1, -0.05) is 6.08 Å². The second-order valence-electron chi connectivity index (χ2n) is 3.52. The van der Waals surface area contributed by atoms with E-state index in [0.29, 0.717) is 15.8 Å². The molecule has 0 fully saturated rings. The number of methoxy groups -OCH3 is 1. The van der Waals surface area contributed by atoms with Gasteiger partial charge in [-0.15, -0.1) is 6.58 Å². The van der Waals surface area contributed by atoms with Gasteiger partial charge in [0, 0.05) is 11.6 Å². The topological polar surface area (TPSA) is 55.5 Å². The van der Waals surface area contributed by atoms with Crippen LogP contribution >= 0.6 is 15.9 Å². The Labute approximate surface area is 104 Å². The van der Waals surface area contributed by atoms with Crippen molar-refractivity contribution in [1.82, 2.24) is 0 Å². The Morgan fingerprint density at radius 1 is 1.62 bits per heavy atom. The Bertz CT molecular complexity index is 380. The van der Waals surface area contributed by atoms with Gasteiger partial charge in [0.15, 0.2) is 0 Å². The summed E-state index contributed by atoms with van der Waals surface area (Å²) < 4.78 is 5.72. The summed E-state index contributed by atoms with van der Waals surface area (Å²) in [4.78, 5) is 0. The molecule has 0 unspecified atom stereocenters. The molecule has 0 bridgehead atoms. The highest BCUT2D eigenvalue weighted by molar-refractivity contribution is 9.10. The molecule has 0 heterocycles. The van der Waals surface area contributed by atoms with E-state index in [2.05, 4.69) is 22.5 Å². The second kappa shape index (κ2) is 5.92. The van der Waals surface area contributed by atoms with Crippen LogP contribution in [0.3, 0.4) is 0 Å². The van der Waals surface area contributed by atoms with Crippen LogP contribution in [0.25, 0.3) is 0 Å². The zero-order valence-corrected chi connectivity index (χ0v) is 10.8. The smallest absolute Gasteiger partial charge is 0.134 e. The minimum absolute atomic E-state index is 0.178. The minimum atomic E-state index is -0.218. The van der Waals surface area contributed by atoms with Crippen LogP contribution in [0.4, 0.5) is 0 Å². The van der Waals surface area contributed by atoms with Gasteiger partial charge in [-0.05, 0) is 40.9 Å². The number of hydrogen-bond donors (Lipinski definition) is 2. The molecule has 0 radical (unpaired) electrons. The van der Waals surface area contributed by atoms with E-state index in [1.807, 2.05) is 6.08 Å². The second-order valence-corrected chi connectivity index (χ2v) is 4.37. The number of hydrogen-bond acceptors (Lipinski definition) is 3. The monoisotopic (exact) mass is 285 g/mol. The third-order valence-electron chi connectivity index (χ3n) is 2.38. The third kappa shape index (κ3) is 3.00. The normalized spacial score (nSPS) is 12.2. The largest absolute Gasteiger partial charge is 0.506 e. The fourth-order valence-corrected chi connectivity index (χ4v) is 1.90. The molecule has 1 aromatic rings. The lowest BCUT2D eigenvalue weighted by molar-refractivity contribution is 0.407. The molecule has 88 valence electrons. The molecule has 1 rings (SSSR count). The SMILES string of the molecule is C=CCC[C@H](N)c1cc(OC)cc(Br)c1O. The fourth-order valence-electron chi connectivity index (χ4n) is 1.45. The molecule has 0 saturated heterocycles. The highest BCUT2D eigenvalue weighted by Gasteiger charge is 2.14. The van der Waals surface area contributed by atoms with Crippen molar-refractivity contribution in [1.29, 1.82) is 0 Å². The zero-order chi connectivity index (χ0) is 12.1. The van der Waals surface area contributed by atoms with Crippen LogP contribution in [0.1, 0.15) is 24.4 Å². The van der Waals surface area contributed by atoms with Crippen LogP contribution in [0.5, 0.6) is 11.5 Å². The summed E-state index contributed by atoms with van der Waals surface area (Å²) in [5, 5.41) is 9.88. The third-order valence-corrected chi connectivity index (χ3v) is 2.99. The van der Waals surface area contributed by atoms with Crippen LogP contribution in [0, 0.1) is 0 Å². The highest BCUT2D eigenvalue weighted by Crippen LogP contribution is 2.36. The predicted molar refractivity (Wildman–Crippen MR) is 68.7 cm³/mol. The van der Waals surface area contributed by atoms with Gasteiger partial charge in [0.2, 0.25) is 0 Å². The number of nitrogens with two attached hydrogens (primary N) is 1. The Hall–Kier alpha value is -1.00. The Morgan fingerprint density at radius 2 is 2.31 bits per heavy atom. The number of halogens is 1. The van der Waals surface area contributed by atoms with Crippen molar-refractivity contribution in [2.75, 3.05) is 7.11 Å². The van der Waals surface area contributed by atoms with Crippen LogP contribution in [0.15, 0.2) is 29.3 Å². The standard InChI is InChI=1S/C12H16BrNO2/c1-3-4-5-11(14)9-6-8(16-2)7-10(13)12(9)15/h3,6-7,11,15H,1,4-5,14H2,2H3/t11-/m0/s1. The fraction of sp³-hybridized carbons (Fsp3) is 0.333. The van der Waals surface area contributed by atoms with E-state index in [9.17, 15) is 5.11 Å². The molecule has 3 nitrogen and oxygen atoms in total. The molecule has 0 saturated carbocycles. The molecule has 0 aliphatic heterocycles. The first kappa shape index (κ1) is 13.1. The van der Waals surface area contributed by atoms with Crippen LogP contribution in [-0.4, -0.2) is 12.2 Å². The molecule has 16 heavy (non-hydrogen) atoms. The number of benzene rings is 1. The maximum atomic E-state index is 9.88. The van der Waals surface area contributed by atoms with Crippen molar-refractivity contribution < 1.29 is 9.84 Å². The Kier molecular flexibility index (Phi) is 4.83. The summed E-state index contributed by atoms with van der Waals surface area (Å²) in [5.74, 6) is 0.853. The first-order chi connectivity index (χ1) is 7.60. The molecule has 4 heteroatoms. The maximum Gasteiger partial charge on any atom is 0.134 e. The average molecular weight is 286 g/mol. The molecule has 0 spiro atoms. The quantitative estimate of drug-likeness (QED) is 0.818. The minimum Gasteiger partial charge on any atom is -0.506 e. The summed E-state index contributed by atoms with van der Waals surface area (Å²) in [7, 11) is 1.58. The van der Waals surface area contributed by atoms with Gasteiger partial charge in [0.05, 0.1) is 11.6 Å². The maximum absolute atomic E-state index is 9.88. The summed E-state index contributed by atoms with van der Waals surface area (Å²) in [5.41, 5.74) is 6.68. The lowest BCUT2D eigenvalue weighted by atomic mass is 10.0. The first-order valence-electron chi connectivity index (χ1n) is 5.03. The summed E-state index contributed by atoms with van der Waals surface area (Å²) in [6, 6.07) is 3.25. The van der Waals surface area contributed by atoms with Crippen LogP contribution < -0.4 is 10.5 Å². The van der Waals surface area contributed by atoms with Gasteiger partial charge in [-0.25, -0.2) is 0 Å². The summed E-state index contributed by atoms with van der Waals surface area (Å²) in [6.07, 6.45) is 3.37. The molecule has 1 aromatic carbocycles. The first-order valence-corrected chi connectivity index (χ1v) is 5.82. The molecule has 3 N–H and O–H groups in total. The molecular formula is C12H16BrNO2. The van der Waals surface area contributed by atoms with Crippen LogP contribution in [-0.2, 0) is 0 Å². The zero-order valence-electron chi connectivity index (χ0n) is 9.24. The van der Waals surface area contributed by atoms with Crippen molar-refractivity contribution >= 4 is 15.9 Å². The number of phenols is 1. The highest BCUT2D eigenvalue weighted by atomic mass is 79.9.